The Morgan fingerprint density at radius 3 is 2.54 bits per heavy atom. The minimum Gasteiger partial charge on any atom is -0.493 e. The van der Waals surface area contributed by atoms with E-state index < -0.39 is 11.0 Å². The van der Waals surface area contributed by atoms with Gasteiger partial charge in [0.15, 0.2) is 0 Å². The number of hydrogen-bond acceptors (Lipinski definition) is 6. The Morgan fingerprint density at radius 1 is 1.05 bits per heavy atom. The SMILES string of the molecule is Cc1ccc2c(c1)OCCCNC(=O)C1(CCCCNC2=O)CCN(C(=O)C(C)(C)n2cncn2)CC1. The Hall–Kier alpha value is -3.43. The lowest BCUT2D eigenvalue weighted by atomic mass is 9.73. The number of hydrogen-bond donors (Lipinski definition) is 2. The highest BCUT2D eigenvalue weighted by molar-refractivity contribution is 5.97. The highest BCUT2D eigenvalue weighted by Crippen LogP contribution is 2.38. The van der Waals surface area contributed by atoms with Crippen LogP contribution in [0.1, 0.15) is 68.3 Å². The molecule has 0 unspecified atom stereocenters. The molecule has 3 amide bonds. The van der Waals surface area contributed by atoms with Crippen LogP contribution in [0, 0.1) is 12.3 Å². The number of benzene rings is 1. The number of aromatic nitrogens is 3. The number of carbonyl (C=O) groups is 3. The third kappa shape index (κ3) is 5.94. The molecule has 2 N–H and O–H groups in total. The van der Waals surface area contributed by atoms with E-state index in [4.69, 9.17) is 4.74 Å². The van der Waals surface area contributed by atoms with Crippen molar-refractivity contribution in [1.82, 2.24) is 30.3 Å². The molecule has 200 valence electrons. The van der Waals surface area contributed by atoms with Gasteiger partial charge in [-0.3, -0.25) is 14.4 Å². The van der Waals surface area contributed by atoms with E-state index in [0.717, 1.165) is 24.8 Å². The lowest BCUT2D eigenvalue weighted by Crippen LogP contribution is -2.54. The van der Waals surface area contributed by atoms with Crippen LogP contribution in [0.25, 0.3) is 0 Å². The summed E-state index contributed by atoms with van der Waals surface area (Å²) in [4.78, 5) is 45.3. The van der Waals surface area contributed by atoms with E-state index in [1.54, 1.807) is 17.1 Å². The predicted molar refractivity (Wildman–Crippen MR) is 138 cm³/mol. The molecule has 1 aromatic heterocycles. The molecular weight excluding hydrogens is 472 g/mol. The van der Waals surface area contributed by atoms with Crippen LogP contribution in [0.2, 0.25) is 0 Å². The first-order valence-corrected chi connectivity index (χ1v) is 13.2. The number of likely N-dealkylation sites (tertiary alicyclic amines) is 1. The van der Waals surface area contributed by atoms with Crippen molar-refractivity contribution in [1.29, 1.82) is 0 Å². The first-order valence-electron chi connectivity index (χ1n) is 13.2. The van der Waals surface area contributed by atoms with Gasteiger partial charge in [0.1, 0.15) is 23.9 Å². The van der Waals surface area contributed by atoms with E-state index in [1.807, 2.05) is 37.8 Å². The predicted octanol–water partition coefficient (Wildman–Crippen LogP) is 2.43. The maximum Gasteiger partial charge on any atom is 0.255 e. The fourth-order valence-electron chi connectivity index (χ4n) is 5.18. The number of amides is 3. The minimum absolute atomic E-state index is 0.0277. The zero-order valence-corrected chi connectivity index (χ0v) is 22.1. The number of fused-ring (bicyclic) bond motifs is 1. The fraction of sp³-hybridized carbons (Fsp3) is 0.593. The summed E-state index contributed by atoms with van der Waals surface area (Å²) in [6, 6.07) is 5.58. The molecule has 3 heterocycles. The maximum atomic E-state index is 13.4. The second-order valence-corrected chi connectivity index (χ2v) is 10.6. The topological polar surface area (TPSA) is 118 Å². The number of piperidine rings is 1. The molecular formula is C27H38N6O4. The van der Waals surface area contributed by atoms with Gasteiger partial charge in [-0.15, -0.1) is 0 Å². The summed E-state index contributed by atoms with van der Waals surface area (Å²) in [5.41, 5.74) is 0.180. The summed E-state index contributed by atoms with van der Waals surface area (Å²) >= 11 is 0. The zero-order chi connectivity index (χ0) is 26.5. The summed E-state index contributed by atoms with van der Waals surface area (Å²) < 4.78 is 7.50. The maximum absolute atomic E-state index is 13.4. The highest BCUT2D eigenvalue weighted by Gasteiger charge is 2.44. The van der Waals surface area contributed by atoms with Crippen molar-refractivity contribution >= 4 is 17.7 Å². The van der Waals surface area contributed by atoms with Crippen molar-refractivity contribution < 1.29 is 19.1 Å². The second-order valence-electron chi connectivity index (χ2n) is 10.6. The molecule has 0 bridgehead atoms. The van der Waals surface area contributed by atoms with E-state index in [2.05, 4.69) is 20.7 Å². The molecule has 0 saturated carbocycles. The van der Waals surface area contributed by atoms with Gasteiger partial charge in [0.25, 0.3) is 5.91 Å². The normalized spacial score (nSPS) is 19.6. The van der Waals surface area contributed by atoms with E-state index in [-0.39, 0.29) is 17.7 Å². The first kappa shape index (κ1) is 26.6. The molecule has 1 fully saturated rings. The Balaban J connectivity index is 1.41. The standard InChI is InChI=1S/C27H38N6O4/c1-20-7-8-21-22(17-20)37-16-6-13-30-24(35)27(9-4-5-12-29-23(21)34)10-14-32(15-11-27)25(36)26(2,3)33-19-28-18-31-33/h7-8,17-19H,4-6,9-16H2,1-3H3,(H,29,34)(H,30,35). The summed E-state index contributed by atoms with van der Waals surface area (Å²) in [5, 5.41) is 10.3. The lowest BCUT2D eigenvalue weighted by molar-refractivity contribution is -0.146. The molecule has 1 spiro atoms. The van der Waals surface area contributed by atoms with Gasteiger partial charge >= 0.3 is 0 Å². The molecule has 1 saturated heterocycles. The molecule has 4 rings (SSSR count). The van der Waals surface area contributed by atoms with Crippen molar-refractivity contribution in [2.75, 3.05) is 32.8 Å². The summed E-state index contributed by atoms with van der Waals surface area (Å²) in [5.74, 6) is 0.446. The van der Waals surface area contributed by atoms with Crippen molar-refractivity contribution in [2.45, 2.75) is 64.8 Å². The molecule has 0 aliphatic carbocycles. The molecule has 2 aliphatic rings. The number of rotatable bonds is 2. The third-order valence-corrected chi connectivity index (χ3v) is 7.62. The number of nitrogens with zero attached hydrogens (tertiary/aromatic N) is 4. The van der Waals surface area contributed by atoms with Gasteiger partial charge in [-0.05, 0) is 70.6 Å². The monoisotopic (exact) mass is 510 g/mol. The zero-order valence-electron chi connectivity index (χ0n) is 22.1. The molecule has 37 heavy (non-hydrogen) atoms. The Morgan fingerprint density at radius 2 is 1.81 bits per heavy atom. The summed E-state index contributed by atoms with van der Waals surface area (Å²) in [6.45, 7) is 8.08. The second kappa shape index (κ2) is 11.3. The minimum atomic E-state index is -0.848. The van der Waals surface area contributed by atoms with Gasteiger partial charge in [-0.2, -0.15) is 5.10 Å². The fourth-order valence-corrected chi connectivity index (χ4v) is 5.18. The number of ether oxygens (including phenoxy) is 1. The van der Waals surface area contributed by atoms with Crippen molar-refractivity contribution in [3.63, 3.8) is 0 Å². The van der Waals surface area contributed by atoms with E-state index in [9.17, 15) is 14.4 Å². The van der Waals surface area contributed by atoms with E-state index >= 15 is 0 Å². The van der Waals surface area contributed by atoms with E-state index in [1.165, 1.54) is 6.33 Å². The van der Waals surface area contributed by atoms with Gasteiger partial charge in [0.05, 0.1) is 17.6 Å². The van der Waals surface area contributed by atoms with E-state index in [0.29, 0.717) is 63.4 Å². The van der Waals surface area contributed by atoms with Crippen LogP contribution in [0.5, 0.6) is 5.75 Å². The van der Waals surface area contributed by atoms with Crippen LogP contribution >= 0.6 is 0 Å². The largest absolute Gasteiger partial charge is 0.493 e. The molecule has 0 radical (unpaired) electrons. The van der Waals surface area contributed by atoms with Crippen LogP contribution in [0.15, 0.2) is 30.9 Å². The van der Waals surface area contributed by atoms with Gasteiger partial charge in [0.2, 0.25) is 11.8 Å². The molecule has 1 aromatic carbocycles. The van der Waals surface area contributed by atoms with Crippen LogP contribution in [-0.2, 0) is 15.1 Å². The molecule has 2 aliphatic heterocycles. The average Bonchev–Trinajstić information content (AvgIpc) is 3.44. The molecule has 0 atom stereocenters. The average molecular weight is 511 g/mol. The number of carbonyl (C=O) groups excluding carboxylic acids is 3. The third-order valence-electron chi connectivity index (χ3n) is 7.62. The lowest BCUT2D eigenvalue weighted by Gasteiger charge is -2.43. The molecule has 10 heteroatoms. The van der Waals surface area contributed by atoms with Crippen molar-refractivity contribution in [3.8, 4) is 5.75 Å². The quantitative estimate of drug-likeness (QED) is 0.641. The smallest absolute Gasteiger partial charge is 0.255 e. The van der Waals surface area contributed by atoms with Crippen LogP contribution in [-0.4, -0.2) is 70.2 Å². The molecule has 10 nitrogen and oxygen atoms in total. The number of aryl methyl sites for hydroxylation is 1. The van der Waals surface area contributed by atoms with Gasteiger partial charge in [-0.1, -0.05) is 12.5 Å². The molecule has 2 aromatic rings. The Labute approximate surface area is 218 Å². The van der Waals surface area contributed by atoms with Crippen molar-refractivity contribution in [2.24, 2.45) is 5.41 Å². The Kier molecular flexibility index (Phi) is 8.14. The first-order chi connectivity index (χ1) is 17.7. The van der Waals surface area contributed by atoms with Gasteiger partial charge in [0, 0.05) is 26.2 Å². The van der Waals surface area contributed by atoms with Gasteiger partial charge < -0.3 is 20.3 Å². The Bertz CT molecular complexity index is 1110. The van der Waals surface area contributed by atoms with Crippen LogP contribution in [0.4, 0.5) is 0 Å². The number of nitrogens with one attached hydrogen (secondary N) is 2. The van der Waals surface area contributed by atoms with Crippen molar-refractivity contribution in [3.05, 3.63) is 42.0 Å². The highest BCUT2D eigenvalue weighted by atomic mass is 16.5. The summed E-state index contributed by atoms with van der Waals surface area (Å²) in [6.07, 6.45) is 7.11. The van der Waals surface area contributed by atoms with Gasteiger partial charge in [-0.25, -0.2) is 9.67 Å². The van der Waals surface area contributed by atoms with Crippen LogP contribution in [0.3, 0.4) is 0 Å². The van der Waals surface area contributed by atoms with Crippen LogP contribution < -0.4 is 15.4 Å². The summed E-state index contributed by atoms with van der Waals surface area (Å²) in [7, 11) is 0.